The van der Waals surface area contributed by atoms with Crippen LogP contribution in [0.5, 0.6) is 0 Å². The number of nitrogens with two attached hydrogens (primary N) is 1. The van der Waals surface area contributed by atoms with E-state index in [-0.39, 0.29) is 11.7 Å². The molecule has 2 N–H and O–H groups in total. The first-order valence-corrected chi connectivity index (χ1v) is 6.27. The highest BCUT2D eigenvalue weighted by molar-refractivity contribution is 6.35. The van der Waals surface area contributed by atoms with E-state index in [9.17, 15) is 0 Å². The molecule has 0 amide bonds. The Bertz CT molecular complexity index is 774. The second-order valence-corrected chi connectivity index (χ2v) is 4.69. The van der Waals surface area contributed by atoms with E-state index in [1.165, 1.54) is 6.20 Å². The molecule has 8 heteroatoms. The van der Waals surface area contributed by atoms with E-state index in [1.54, 1.807) is 24.4 Å². The van der Waals surface area contributed by atoms with Crippen LogP contribution in [0.2, 0.25) is 10.0 Å². The van der Waals surface area contributed by atoms with E-state index in [0.29, 0.717) is 27.1 Å². The van der Waals surface area contributed by atoms with Gasteiger partial charge in [0.15, 0.2) is 5.69 Å². The van der Waals surface area contributed by atoms with Crippen LogP contribution in [0.1, 0.15) is 0 Å². The first kappa shape index (κ1) is 12.8. The Balaban J connectivity index is 2.04. The molecule has 0 spiro atoms. The standard InChI is InChI=1S/C12H7Cl2N5O/c13-6-4-7(14)9(17-5-6)11-18-12(20-19-11)10-8(15)2-1-3-16-10/h1-5H,15H2. The second-order valence-electron chi connectivity index (χ2n) is 3.85. The van der Waals surface area contributed by atoms with Crippen molar-refractivity contribution in [1.82, 2.24) is 20.1 Å². The van der Waals surface area contributed by atoms with Crippen LogP contribution in [-0.4, -0.2) is 20.1 Å². The van der Waals surface area contributed by atoms with E-state index in [4.69, 9.17) is 33.5 Å². The summed E-state index contributed by atoms with van der Waals surface area (Å²) in [6.45, 7) is 0. The van der Waals surface area contributed by atoms with Crippen molar-refractivity contribution in [2.24, 2.45) is 0 Å². The van der Waals surface area contributed by atoms with Gasteiger partial charge in [-0.1, -0.05) is 28.4 Å². The maximum Gasteiger partial charge on any atom is 0.279 e. The summed E-state index contributed by atoms with van der Waals surface area (Å²) in [7, 11) is 0. The fourth-order valence-corrected chi connectivity index (χ4v) is 2.06. The quantitative estimate of drug-likeness (QED) is 0.782. The molecule has 3 aromatic heterocycles. The summed E-state index contributed by atoms with van der Waals surface area (Å²) < 4.78 is 5.14. The maximum atomic E-state index is 6.04. The van der Waals surface area contributed by atoms with Crippen molar-refractivity contribution in [3.63, 3.8) is 0 Å². The lowest BCUT2D eigenvalue weighted by molar-refractivity contribution is 0.431. The third-order valence-corrected chi connectivity index (χ3v) is 2.98. The van der Waals surface area contributed by atoms with E-state index in [1.807, 2.05) is 0 Å². The van der Waals surface area contributed by atoms with Gasteiger partial charge >= 0.3 is 0 Å². The molecule has 3 aromatic rings. The Morgan fingerprint density at radius 1 is 1.15 bits per heavy atom. The lowest BCUT2D eigenvalue weighted by Crippen LogP contribution is -1.93. The maximum absolute atomic E-state index is 6.04. The first-order valence-electron chi connectivity index (χ1n) is 5.51. The Morgan fingerprint density at radius 3 is 2.75 bits per heavy atom. The van der Waals surface area contributed by atoms with Gasteiger partial charge in [0.2, 0.25) is 5.82 Å². The average molecular weight is 308 g/mol. The minimum absolute atomic E-state index is 0.200. The zero-order valence-corrected chi connectivity index (χ0v) is 11.4. The minimum atomic E-state index is 0.200. The summed E-state index contributed by atoms with van der Waals surface area (Å²) >= 11 is 11.8. The molecule has 3 heterocycles. The molecule has 0 bridgehead atoms. The van der Waals surface area contributed by atoms with Gasteiger partial charge in [0.05, 0.1) is 15.7 Å². The fourth-order valence-electron chi connectivity index (χ4n) is 1.59. The zero-order valence-electron chi connectivity index (χ0n) is 9.92. The largest absolute Gasteiger partial charge is 0.397 e. The highest BCUT2D eigenvalue weighted by atomic mass is 35.5. The Hall–Kier alpha value is -2.18. The third kappa shape index (κ3) is 2.31. The van der Waals surface area contributed by atoms with Crippen molar-refractivity contribution < 1.29 is 4.52 Å². The smallest absolute Gasteiger partial charge is 0.279 e. The number of rotatable bonds is 2. The van der Waals surface area contributed by atoms with Gasteiger partial charge in [-0.25, -0.2) is 9.97 Å². The summed E-state index contributed by atoms with van der Waals surface area (Å²) in [4.78, 5) is 12.4. The monoisotopic (exact) mass is 307 g/mol. The van der Waals surface area contributed by atoms with E-state index in [2.05, 4.69) is 20.1 Å². The normalized spacial score (nSPS) is 10.7. The number of nitrogen functional groups attached to an aromatic ring is 1. The molecule has 0 saturated heterocycles. The van der Waals surface area contributed by atoms with E-state index in [0.717, 1.165) is 0 Å². The van der Waals surface area contributed by atoms with Crippen LogP contribution in [0.3, 0.4) is 0 Å². The van der Waals surface area contributed by atoms with Crippen molar-refractivity contribution in [3.8, 4) is 23.1 Å². The zero-order chi connectivity index (χ0) is 14.1. The molecule has 0 aliphatic heterocycles. The number of pyridine rings is 2. The van der Waals surface area contributed by atoms with Crippen LogP contribution in [0.25, 0.3) is 23.1 Å². The predicted octanol–water partition coefficient (Wildman–Crippen LogP) is 3.08. The highest BCUT2D eigenvalue weighted by Gasteiger charge is 2.17. The first-order chi connectivity index (χ1) is 9.65. The number of hydrogen-bond donors (Lipinski definition) is 1. The van der Waals surface area contributed by atoms with Gasteiger partial charge in [-0.15, -0.1) is 0 Å². The Labute approximate surface area is 123 Å². The number of nitrogens with zero attached hydrogens (tertiary/aromatic N) is 4. The van der Waals surface area contributed by atoms with Crippen LogP contribution < -0.4 is 5.73 Å². The second kappa shape index (κ2) is 5.07. The molecular weight excluding hydrogens is 301 g/mol. The van der Waals surface area contributed by atoms with E-state index >= 15 is 0 Å². The van der Waals surface area contributed by atoms with Gasteiger partial charge in [0, 0.05) is 12.4 Å². The van der Waals surface area contributed by atoms with Crippen molar-refractivity contribution in [2.45, 2.75) is 0 Å². The number of halogens is 2. The molecule has 100 valence electrons. The Morgan fingerprint density at radius 2 is 2.00 bits per heavy atom. The summed E-state index contributed by atoms with van der Waals surface area (Å²) in [5.74, 6) is 0.442. The molecule has 0 saturated carbocycles. The molecule has 0 aromatic carbocycles. The molecule has 3 rings (SSSR count). The highest BCUT2D eigenvalue weighted by Crippen LogP contribution is 2.28. The molecule has 0 radical (unpaired) electrons. The van der Waals surface area contributed by atoms with Gasteiger partial charge < -0.3 is 10.3 Å². The summed E-state index contributed by atoms with van der Waals surface area (Å²) in [6, 6.07) is 4.96. The molecule has 0 atom stereocenters. The molecule has 20 heavy (non-hydrogen) atoms. The van der Waals surface area contributed by atoms with Gasteiger partial charge in [-0.3, -0.25) is 0 Å². The predicted molar refractivity (Wildman–Crippen MR) is 75.2 cm³/mol. The number of aromatic nitrogens is 4. The SMILES string of the molecule is Nc1cccnc1-c1nc(-c2ncc(Cl)cc2Cl)no1. The van der Waals surface area contributed by atoms with Crippen molar-refractivity contribution in [1.29, 1.82) is 0 Å². The van der Waals surface area contributed by atoms with Gasteiger partial charge in [-0.2, -0.15) is 4.98 Å². The summed E-state index contributed by atoms with van der Waals surface area (Å²) in [6.07, 6.45) is 3.04. The Kier molecular flexibility index (Phi) is 3.25. The van der Waals surface area contributed by atoms with Crippen LogP contribution in [0.15, 0.2) is 35.1 Å². The molecule has 0 fully saturated rings. The number of hydrogen-bond acceptors (Lipinski definition) is 6. The van der Waals surface area contributed by atoms with Crippen molar-refractivity contribution in [2.75, 3.05) is 5.73 Å². The van der Waals surface area contributed by atoms with Crippen LogP contribution in [0.4, 0.5) is 5.69 Å². The van der Waals surface area contributed by atoms with Crippen LogP contribution in [0, 0.1) is 0 Å². The summed E-state index contributed by atoms with van der Waals surface area (Å²) in [5, 5.41) is 4.58. The van der Waals surface area contributed by atoms with Gasteiger partial charge in [0.1, 0.15) is 5.69 Å². The van der Waals surface area contributed by atoms with Crippen molar-refractivity contribution in [3.05, 3.63) is 40.6 Å². The molecule has 6 nitrogen and oxygen atoms in total. The lowest BCUT2D eigenvalue weighted by Gasteiger charge is -1.98. The lowest BCUT2D eigenvalue weighted by atomic mass is 10.3. The van der Waals surface area contributed by atoms with Gasteiger partial charge in [0.25, 0.3) is 5.89 Å². The van der Waals surface area contributed by atoms with Gasteiger partial charge in [-0.05, 0) is 18.2 Å². The minimum Gasteiger partial charge on any atom is -0.397 e. The van der Waals surface area contributed by atoms with Crippen LogP contribution >= 0.6 is 23.2 Å². The molecular formula is C12H7Cl2N5O. The number of anilines is 1. The fraction of sp³-hybridized carbons (Fsp3) is 0. The average Bonchev–Trinajstić information content (AvgIpc) is 2.88. The van der Waals surface area contributed by atoms with E-state index < -0.39 is 0 Å². The summed E-state index contributed by atoms with van der Waals surface area (Å²) in [5.41, 5.74) is 7.03. The molecule has 0 unspecified atom stereocenters. The van der Waals surface area contributed by atoms with Crippen LogP contribution in [-0.2, 0) is 0 Å². The van der Waals surface area contributed by atoms with Crippen molar-refractivity contribution >= 4 is 28.9 Å². The molecule has 0 aliphatic carbocycles. The molecule has 0 aliphatic rings. The topological polar surface area (TPSA) is 90.7 Å². The third-order valence-electron chi connectivity index (χ3n) is 2.49.